The Kier molecular flexibility index (Phi) is 7.87. The number of unbranched alkanes of at least 4 members (excludes halogenated alkanes) is 1. The summed E-state index contributed by atoms with van der Waals surface area (Å²) in [5, 5.41) is 3.15. The number of hydrogen-bond acceptors (Lipinski definition) is 4. The van der Waals surface area contributed by atoms with Crippen LogP contribution in [0.5, 0.6) is 0 Å². The maximum absolute atomic E-state index is 13.4. The lowest BCUT2D eigenvalue weighted by molar-refractivity contribution is -0.148. The molecule has 1 aromatic rings. The summed E-state index contributed by atoms with van der Waals surface area (Å²) in [5.74, 6) is 0.804. The summed E-state index contributed by atoms with van der Waals surface area (Å²) in [7, 11) is 0. The van der Waals surface area contributed by atoms with E-state index in [9.17, 15) is 9.59 Å². The molecule has 1 aromatic carbocycles. The first kappa shape index (κ1) is 22.0. The third-order valence-corrected chi connectivity index (χ3v) is 7.51. The van der Waals surface area contributed by atoms with Gasteiger partial charge in [0.2, 0.25) is 0 Å². The number of anilines is 1. The van der Waals surface area contributed by atoms with Crippen LogP contribution in [0.15, 0.2) is 18.2 Å². The van der Waals surface area contributed by atoms with Crippen LogP contribution < -0.4 is 5.32 Å². The molecule has 29 heavy (non-hydrogen) atoms. The molecule has 0 radical (unpaired) electrons. The standard InChI is InChI=1S/C23H34N2O3S/c1-4-5-14-28-22(26)19-15-29-21(18-12-7-6-8-13-18)25(19)23(27)24-20-16(2)10-9-11-17(20)3/h9-11,18-19,21H,4-8,12-15H2,1-3H3,(H,24,27)/t19-,21-/m1/s1. The van der Waals surface area contributed by atoms with Crippen LogP contribution in [-0.2, 0) is 9.53 Å². The fourth-order valence-electron chi connectivity index (χ4n) is 4.35. The molecule has 1 saturated heterocycles. The van der Waals surface area contributed by atoms with E-state index in [1.165, 1.54) is 19.3 Å². The number of thioether (sulfide) groups is 1. The minimum atomic E-state index is -0.506. The summed E-state index contributed by atoms with van der Waals surface area (Å²) >= 11 is 1.74. The summed E-state index contributed by atoms with van der Waals surface area (Å²) in [5.41, 5.74) is 2.90. The number of nitrogens with zero attached hydrogens (tertiary/aromatic N) is 1. The van der Waals surface area contributed by atoms with Crippen LogP contribution >= 0.6 is 11.8 Å². The molecule has 0 spiro atoms. The van der Waals surface area contributed by atoms with E-state index >= 15 is 0 Å². The van der Waals surface area contributed by atoms with E-state index in [-0.39, 0.29) is 17.4 Å². The Hall–Kier alpha value is -1.69. The van der Waals surface area contributed by atoms with Gasteiger partial charge in [0.1, 0.15) is 6.04 Å². The molecule has 2 amide bonds. The van der Waals surface area contributed by atoms with Crippen LogP contribution in [0.4, 0.5) is 10.5 Å². The van der Waals surface area contributed by atoms with Crippen molar-refractivity contribution in [3.05, 3.63) is 29.3 Å². The van der Waals surface area contributed by atoms with Crippen molar-refractivity contribution in [1.29, 1.82) is 0 Å². The topological polar surface area (TPSA) is 58.6 Å². The second kappa shape index (κ2) is 10.4. The number of carbonyl (C=O) groups excluding carboxylic acids is 2. The molecule has 0 bridgehead atoms. The number of hydrogen-bond donors (Lipinski definition) is 1. The zero-order valence-electron chi connectivity index (χ0n) is 17.9. The van der Waals surface area contributed by atoms with E-state index in [1.807, 2.05) is 32.0 Å². The second-order valence-electron chi connectivity index (χ2n) is 8.26. The van der Waals surface area contributed by atoms with E-state index in [2.05, 4.69) is 12.2 Å². The molecule has 0 aromatic heterocycles. The minimum absolute atomic E-state index is 0.0448. The van der Waals surface area contributed by atoms with Crippen molar-refractivity contribution < 1.29 is 14.3 Å². The summed E-state index contributed by atoms with van der Waals surface area (Å²) in [6, 6.07) is 5.30. The average molecular weight is 419 g/mol. The number of rotatable bonds is 6. The fourth-order valence-corrected chi connectivity index (χ4v) is 5.97. The molecule has 1 aliphatic heterocycles. The zero-order valence-corrected chi connectivity index (χ0v) is 18.7. The summed E-state index contributed by atoms with van der Waals surface area (Å²) in [6.07, 6.45) is 7.77. The van der Waals surface area contributed by atoms with Crippen molar-refractivity contribution in [3.63, 3.8) is 0 Å². The Labute approximate surface area is 178 Å². The SMILES string of the molecule is CCCCOC(=O)[C@H]1CS[C@H](C2CCCCC2)N1C(=O)Nc1c(C)cccc1C. The van der Waals surface area contributed by atoms with Crippen molar-refractivity contribution in [2.24, 2.45) is 5.92 Å². The lowest BCUT2D eigenvalue weighted by Gasteiger charge is -2.35. The number of amides is 2. The smallest absolute Gasteiger partial charge is 0.329 e. The first-order chi connectivity index (χ1) is 14.0. The highest BCUT2D eigenvalue weighted by Crippen LogP contribution is 2.41. The van der Waals surface area contributed by atoms with Crippen molar-refractivity contribution in [2.75, 3.05) is 17.7 Å². The highest BCUT2D eigenvalue weighted by Gasteiger charge is 2.45. The van der Waals surface area contributed by atoms with Gasteiger partial charge in [-0.2, -0.15) is 0 Å². The zero-order chi connectivity index (χ0) is 20.8. The molecule has 2 aliphatic rings. The second-order valence-corrected chi connectivity index (χ2v) is 9.41. The van der Waals surface area contributed by atoms with Gasteiger partial charge in [-0.3, -0.25) is 4.90 Å². The van der Waals surface area contributed by atoms with Crippen LogP contribution in [0.3, 0.4) is 0 Å². The van der Waals surface area contributed by atoms with Gasteiger partial charge >= 0.3 is 12.0 Å². The maximum atomic E-state index is 13.4. The van der Waals surface area contributed by atoms with Crippen LogP contribution in [0.25, 0.3) is 0 Å². The molecule has 1 aliphatic carbocycles. The number of nitrogens with one attached hydrogen (secondary N) is 1. The van der Waals surface area contributed by atoms with Gasteiger partial charge in [0, 0.05) is 11.4 Å². The van der Waals surface area contributed by atoms with Crippen LogP contribution in [-0.4, -0.2) is 40.7 Å². The molecule has 1 heterocycles. The normalized spacial score (nSPS) is 22.5. The van der Waals surface area contributed by atoms with Gasteiger partial charge in [-0.25, -0.2) is 9.59 Å². The summed E-state index contributed by atoms with van der Waals surface area (Å²) in [6.45, 7) is 6.49. The van der Waals surface area contributed by atoms with Crippen LogP contribution in [0.2, 0.25) is 0 Å². The number of esters is 1. The van der Waals surface area contributed by atoms with Crippen molar-refractivity contribution in [3.8, 4) is 0 Å². The van der Waals surface area contributed by atoms with Gasteiger partial charge in [0.05, 0.1) is 12.0 Å². The highest BCUT2D eigenvalue weighted by atomic mass is 32.2. The lowest BCUT2D eigenvalue weighted by Crippen LogP contribution is -2.50. The largest absolute Gasteiger partial charge is 0.464 e. The molecule has 6 heteroatoms. The van der Waals surface area contributed by atoms with Gasteiger partial charge in [-0.15, -0.1) is 11.8 Å². The Balaban J connectivity index is 1.80. The first-order valence-electron chi connectivity index (χ1n) is 11.0. The highest BCUT2D eigenvalue weighted by molar-refractivity contribution is 8.00. The predicted molar refractivity (Wildman–Crippen MR) is 119 cm³/mol. The fraction of sp³-hybridized carbons (Fsp3) is 0.652. The number of carbonyl (C=O) groups is 2. The minimum Gasteiger partial charge on any atom is -0.464 e. The molecule has 1 N–H and O–H groups in total. The van der Waals surface area contributed by atoms with Gasteiger partial charge in [-0.05, 0) is 50.2 Å². The quantitative estimate of drug-likeness (QED) is 0.489. The van der Waals surface area contributed by atoms with Gasteiger partial charge in [0.15, 0.2) is 0 Å². The van der Waals surface area contributed by atoms with Crippen molar-refractivity contribution in [1.82, 2.24) is 4.90 Å². The van der Waals surface area contributed by atoms with E-state index in [4.69, 9.17) is 4.74 Å². The van der Waals surface area contributed by atoms with E-state index in [0.717, 1.165) is 42.5 Å². The number of para-hydroxylation sites is 1. The lowest BCUT2D eigenvalue weighted by atomic mass is 9.88. The number of benzene rings is 1. The predicted octanol–water partition coefficient (Wildman–Crippen LogP) is 5.50. The Morgan fingerprint density at radius 1 is 1.17 bits per heavy atom. The summed E-state index contributed by atoms with van der Waals surface area (Å²) < 4.78 is 5.51. The molecule has 0 unspecified atom stereocenters. The van der Waals surface area contributed by atoms with E-state index in [0.29, 0.717) is 18.3 Å². The molecule has 5 nitrogen and oxygen atoms in total. The molecule has 1 saturated carbocycles. The number of ether oxygens (including phenoxy) is 1. The molecular formula is C23H34N2O3S. The third kappa shape index (κ3) is 5.27. The molecule has 2 fully saturated rings. The first-order valence-corrected chi connectivity index (χ1v) is 12.0. The molecule has 160 valence electrons. The molecule has 3 rings (SSSR count). The summed E-state index contributed by atoms with van der Waals surface area (Å²) in [4.78, 5) is 28.0. The van der Waals surface area contributed by atoms with Gasteiger partial charge in [0.25, 0.3) is 0 Å². The van der Waals surface area contributed by atoms with E-state index in [1.54, 1.807) is 16.7 Å². The van der Waals surface area contributed by atoms with Crippen molar-refractivity contribution in [2.45, 2.75) is 77.1 Å². The maximum Gasteiger partial charge on any atom is 0.329 e. The van der Waals surface area contributed by atoms with Crippen molar-refractivity contribution >= 4 is 29.4 Å². The van der Waals surface area contributed by atoms with E-state index < -0.39 is 6.04 Å². The Morgan fingerprint density at radius 3 is 2.52 bits per heavy atom. The number of aryl methyl sites for hydroxylation is 2. The van der Waals surface area contributed by atoms with Gasteiger partial charge in [-0.1, -0.05) is 50.8 Å². The number of urea groups is 1. The monoisotopic (exact) mass is 418 g/mol. The Bertz CT molecular complexity index is 698. The average Bonchev–Trinajstić information content (AvgIpc) is 3.17. The van der Waals surface area contributed by atoms with Crippen LogP contribution in [0, 0.1) is 19.8 Å². The van der Waals surface area contributed by atoms with Gasteiger partial charge < -0.3 is 10.1 Å². The molecular weight excluding hydrogens is 384 g/mol. The third-order valence-electron chi connectivity index (χ3n) is 6.05. The Morgan fingerprint density at radius 2 is 1.86 bits per heavy atom. The molecule has 2 atom stereocenters. The van der Waals surface area contributed by atoms with Crippen LogP contribution in [0.1, 0.15) is 63.0 Å².